The van der Waals surface area contributed by atoms with Gasteiger partial charge in [0.15, 0.2) is 0 Å². The average molecular weight is 385 g/mol. The van der Waals surface area contributed by atoms with Crippen LogP contribution < -0.4 is 5.32 Å². The highest BCUT2D eigenvalue weighted by atomic mass is 79.9. The van der Waals surface area contributed by atoms with Gasteiger partial charge in [0.2, 0.25) is 10.0 Å². The van der Waals surface area contributed by atoms with Crippen LogP contribution in [0.3, 0.4) is 0 Å². The Kier molecular flexibility index (Phi) is 6.71. The molecule has 0 bridgehead atoms. The molecule has 0 atom stereocenters. The van der Waals surface area contributed by atoms with Crippen LogP contribution in [0.25, 0.3) is 0 Å². The largest absolute Gasteiger partial charge is 0.310 e. The van der Waals surface area contributed by atoms with Gasteiger partial charge in [-0.05, 0) is 33.6 Å². The highest BCUT2D eigenvalue weighted by molar-refractivity contribution is 9.10. The predicted octanol–water partition coefficient (Wildman–Crippen LogP) is 2.83. The van der Waals surface area contributed by atoms with Gasteiger partial charge in [0, 0.05) is 24.1 Å². The number of rotatable bonds is 7. The standard InChI is InChI=1S/C13H19BrF2N2O2S/c1-9(2)17-7-10-4-5-11(14)12(6-10)21(19,20)18(3)8-13(15)16/h4-6,9,13,17H,7-8H2,1-3H3. The zero-order valence-electron chi connectivity index (χ0n) is 12.1. The summed E-state index contributed by atoms with van der Waals surface area (Å²) in [7, 11) is -2.80. The summed E-state index contributed by atoms with van der Waals surface area (Å²) in [6.45, 7) is 3.63. The zero-order valence-corrected chi connectivity index (χ0v) is 14.5. The number of nitrogens with zero attached hydrogens (tertiary/aromatic N) is 1. The maximum absolute atomic E-state index is 12.4. The van der Waals surface area contributed by atoms with Crippen molar-refractivity contribution in [2.24, 2.45) is 0 Å². The predicted molar refractivity (Wildman–Crippen MR) is 81.9 cm³/mol. The maximum atomic E-state index is 12.4. The van der Waals surface area contributed by atoms with E-state index in [1.54, 1.807) is 12.1 Å². The highest BCUT2D eigenvalue weighted by Crippen LogP contribution is 2.26. The van der Waals surface area contributed by atoms with Crippen LogP contribution in [0, 0.1) is 0 Å². The molecule has 0 saturated carbocycles. The molecule has 1 aromatic carbocycles. The van der Waals surface area contributed by atoms with Crippen molar-refractivity contribution >= 4 is 26.0 Å². The smallest absolute Gasteiger partial charge is 0.252 e. The number of sulfonamides is 1. The number of hydrogen-bond acceptors (Lipinski definition) is 3. The fourth-order valence-electron chi connectivity index (χ4n) is 1.64. The molecule has 1 N–H and O–H groups in total. The first-order valence-corrected chi connectivity index (χ1v) is 8.64. The van der Waals surface area contributed by atoms with Gasteiger partial charge in [-0.25, -0.2) is 17.2 Å². The second-order valence-corrected chi connectivity index (χ2v) is 7.84. The molecule has 0 aliphatic carbocycles. The third-order valence-electron chi connectivity index (χ3n) is 2.79. The molecule has 4 nitrogen and oxygen atoms in total. The summed E-state index contributed by atoms with van der Waals surface area (Å²) in [6, 6.07) is 5.15. The molecule has 0 aliphatic heterocycles. The van der Waals surface area contributed by atoms with E-state index in [9.17, 15) is 17.2 Å². The minimum Gasteiger partial charge on any atom is -0.310 e. The summed E-state index contributed by atoms with van der Waals surface area (Å²) in [5, 5.41) is 3.18. The average Bonchev–Trinajstić information content (AvgIpc) is 2.36. The van der Waals surface area contributed by atoms with Gasteiger partial charge in [0.1, 0.15) is 0 Å². The van der Waals surface area contributed by atoms with Crippen LogP contribution in [-0.2, 0) is 16.6 Å². The second-order valence-electron chi connectivity index (χ2n) is 4.98. The summed E-state index contributed by atoms with van der Waals surface area (Å²) in [5.41, 5.74) is 0.774. The topological polar surface area (TPSA) is 49.4 Å². The Bertz CT molecular complexity index is 580. The third-order valence-corrected chi connectivity index (χ3v) is 5.61. The van der Waals surface area contributed by atoms with E-state index in [1.165, 1.54) is 6.07 Å². The Morgan fingerprint density at radius 1 is 1.33 bits per heavy atom. The van der Waals surface area contributed by atoms with E-state index < -0.39 is 23.0 Å². The number of benzene rings is 1. The summed E-state index contributed by atoms with van der Waals surface area (Å²) in [5.74, 6) is 0. The van der Waals surface area contributed by atoms with Gasteiger partial charge in [-0.3, -0.25) is 0 Å². The van der Waals surface area contributed by atoms with E-state index in [-0.39, 0.29) is 10.9 Å². The molecule has 0 unspecified atom stereocenters. The van der Waals surface area contributed by atoms with Gasteiger partial charge in [0.05, 0.1) is 11.4 Å². The zero-order chi connectivity index (χ0) is 16.2. The Labute approximate surface area is 132 Å². The fraction of sp³-hybridized carbons (Fsp3) is 0.538. The normalized spacial score (nSPS) is 12.6. The van der Waals surface area contributed by atoms with Crippen LogP contribution in [0.2, 0.25) is 0 Å². The minimum atomic E-state index is -3.95. The first-order chi connectivity index (χ1) is 9.64. The molecule has 0 heterocycles. The van der Waals surface area contributed by atoms with E-state index >= 15 is 0 Å². The van der Waals surface area contributed by atoms with Crippen molar-refractivity contribution in [2.45, 2.75) is 37.8 Å². The molecule has 1 rings (SSSR count). The van der Waals surface area contributed by atoms with Crippen molar-refractivity contribution in [2.75, 3.05) is 13.6 Å². The van der Waals surface area contributed by atoms with Crippen molar-refractivity contribution in [3.05, 3.63) is 28.2 Å². The van der Waals surface area contributed by atoms with Crippen LogP contribution >= 0.6 is 15.9 Å². The molecule has 0 fully saturated rings. The SMILES string of the molecule is CC(C)NCc1ccc(Br)c(S(=O)(=O)N(C)CC(F)F)c1. The molecule has 0 saturated heterocycles. The lowest BCUT2D eigenvalue weighted by Crippen LogP contribution is -2.31. The molecule has 0 aliphatic rings. The number of hydrogen-bond donors (Lipinski definition) is 1. The Morgan fingerprint density at radius 2 is 1.95 bits per heavy atom. The van der Waals surface area contributed by atoms with Gasteiger partial charge in [-0.15, -0.1) is 0 Å². The van der Waals surface area contributed by atoms with Crippen molar-refractivity contribution in [1.29, 1.82) is 0 Å². The van der Waals surface area contributed by atoms with Gasteiger partial charge in [-0.2, -0.15) is 4.31 Å². The first-order valence-electron chi connectivity index (χ1n) is 6.41. The molecule has 1 aromatic rings. The number of nitrogens with one attached hydrogen (secondary N) is 1. The Hall–Kier alpha value is -0.570. The Morgan fingerprint density at radius 3 is 2.48 bits per heavy atom. The van der Waals surface area contributed by atoms with E-state index in [2.05, 4.69) is 21.2 Å². The van der Waals surface area contributed by atoms with Crippen molar-refractivity contribution in [3.8, 4) is 0 Å². The summed E-state index contributed by atoms with van der Waals surface area (Å²) >= 11 is 3.17. The quantitative estimate of drug-likeness (QED) is 0.786. The highest BCUT2D eigenvalue weighted by Gasteiger charge is 2.26. The molecule has 0 aromatic heterocycles. The molecule has 0 amide bonds. The second kappa shape index (κ2) is 7.62. The van der Waals surface area contributed by atoms with Crippen LogP contribution in [0.1, 0.15) is 19.4 Å². The number of alkyl halides is 2. The van der Waals surface area contributed by atoms with Gasteiger partial charge >= 0.3 is 0 Å². The molecule has 21 heavy (non-hydrogen) atoms. The van der Waals surface area contributed by atoms with Gasteiger partial charge in [-0.1, -0.05) is 19.9 Å². The maximum Gasteiger partial charge on any atom is 0.252 e. The van der Waals surface area contributed by atoms with Gasteiger partial charge < -0.3 is 5.32 Å². The monoisotopic (exact) mass is 384 g/mol. The van der Waals surface area contributed by atoms with E-state index in [1.807, 2.05) is 13.8 Å². The lowest BCUT2D eigenvalue weighted by atomic mass is 10.2. The molecule has 0 spiro atoms. The van der Waals surface area contributed by atoms with Crippen molar-refractivity contribution in [3.63, 3.8) is 0 Å². The lowest BCUT2D eigenvalue weighted by molar-refractivity contribution is 0.126. The van der Waals surface area contributed by atoms with Gasteiger partial charge in [0.25, 0.3) is 6.43 Å². The third kappa shape index (κ3) is 5.28. The summed E-state index contributed by atoms with van der Waals surface area (Å²) in [4.78, 5) is -0.00583. The minimum absolute atomic E-state index is 0.00583. The lowest BCUT2D eigenvalue weighted by Gasteiger charge is -2.18. The molecule has 120 valence electrons. The molecular weight excluding hydrogens is 366 g/mol. The summed E-state index contributed by atoms with van der Waals surface area (Å²) in [6.07, 6.45) is -2.71. The molecule has 8 heteroatoms. The van der Waals surface area contributed by atoms with Crippen molar-refractivity contribution in [1.82, 2.24) is 9.62 Å². The van der Waals surface area contributed by atoms with Crippen LogP contribution in [0.5, 0.6) is 0 Å². The van der Waals surface area contributed by atoms with E-state index in [0.717, 1.165) is 12.6 Å². The van der Waals surface area contributed by atoms with Crippen LogP contribution in [-0.4, -0.2) is 38.8 Å². The number of halogens is 3. The van der Waals surface area contributed by atoms with E-state index in [4.69, 9.17) is 0 Å². The van der Waals surface area contributed by atoms with Crippen LogP contribution in [0.15, 0.2) is 27.6 Å². The van der Waals surface area contributed by atoms with Crippen molar-refractivity contribution < 1.29 is 17.2 Å². The Balaban J connectivity index is 3.07. The fourth-order valence-corrected chi connectivity index (χ4v) is 3.76. The summed E-state index contributed by atoms with van der Waals surface area (Å²) < 4.78 is 50.5. The molecular formula is C13H19BrF2N2O2S. The molecule has 0 radical (unpaired) electrons. The van der Waals surface area contributed by atoms with E-state index in [0.29, 0.717) is 15.3 Å². The first kappa shape index (κ1) is 18.5. The van der Waals surface area contributed by atoms with Crippen LogP contribution in [0.4, 0.5) is 8.78 Å².